The van der Waals surface area contributed by atoms with Crippen molar-refractivity contribution in [2.24, 2.45) is 11.8 Å². The number of carboxylic acid groups (broad SMARTS) is 1. The number of rotatable bonds is 2. The van der Waals surface area contributed by atoms with Gasteiger partial charge in [-0.15, -0.1) is 6.42 Å². The summed E-state index contributed by atoms with van der Waals surface area (Å²) in [7, 11) is 1.36. The standard InChI is InChI=1S/C31H23NO9/c1-5-6-7-8-9-19-31-13(2)20(29(38)39)28(40-4)14(3)30(31,41-31)15-12-18(35)23-24(25(15)32-19)27(37)22-17(34)11-10-16(33)21(22)26(23)36/h1,6-7,10-14,19,32-35H,2-4H3,(H,38,39)/t13-,14-,19-,30+,31-/m0/s1. The molecule has 0 saturated carbocycles. The van der Waals surface area contributed by atoms with Crippen molar-refractivity contribution < 1.29 is 44.3 Å². The van der Waals surface area contributed by atoms with Gasteiger partial charge >= 0.3 is 5.97 Å². The number of nitrogens with one attached hydrogen (secondary N) is 1. The summed E-state index contributed by atoms with van der Waals surface area (Å²) >= 11 is 0. The molecule has 2 aliphatic heterocycles. The molecule has 2 aromatic carbocycles. The molecule has 0 amide bonds. The van der Waals surface area contributed by atoms with Crippen LogP contribution in [0.2, 0.25) is 0 Å². The zero-order valence-electron chi connectivity index (χ0n) is 22.0. The van der Waals surface area contributed by atoms with Crippen molar-refractivity contribution >= 4 is 23.2 Å². The molecular weight excluding hydrogens is 530 g/mol. The molecule has 0 aromatic heterocycles. The number of carboxylic acids is 1. The normalized spacial score (nSPS) is 28.6. The van der Waals surface area contributed by atoms with Gasteiger partial charge in [0.05, 0.1) is 46.5 Å². The average Bonchev–Trinajstić information content (AvgIpc) is 3.66. The number of carbonyl (C=O) groups is 3. The van der Waals surface area contributed by atoms with Crippen LogP contribution in [0.1, 0.15) is 51.3 Å². The average molecular weight is 554 g/mol. The third-order valence-electron chi connectivity index (χ3n) is 8.65. The van der Waals surface area contributed by atoms with Crippen molar-refractivity contribution in [1.29, 1.82) is 0 Å². The number of ketones is 2. The van der Waals surface area contributed by atoms with E-state index in [0.717, 1.165) is 12.1 Å². The van der Waals surface area contributed by atoms with Crippen molar-refractivity contribution in [3.63, 3.8) is 0 Å². The first-order chi connectivity index (χ1) is 19.5. The number of methoxy groups -OCH3 is 1. The molecule has 5 N–H and O–H groups in total. The lowest BCUT2D eigenvalue weighted by molar-refractivity contribution is -0.134. The van der Waals surface area contributed by atoms with E-state index < -0.39 is 75.0 Å². The summed E-state index contributed by atoms with van der Waals surface area (Å²) in [6.07, 6.45) is 8.11. The number of hydrogen-bond acceptors (Lipinski definition) is 9. The number of phenols is 3. The van der Waals surface area contributed by atoms with Crippen molar-refractivity contribution in [3.8, 4) is 41.4 Å². The second-order valence-electron chi connectivity index (χ2n) is 10.3. The molecule has 0 spiro atoms. The third kappa shape index (κ3) is 2.94. The number of anilines is 1. The Bertz CT molecular complexity index is 1800. The minimum Gasteiger partial charge on any atom is -0.507 e. The summed E-state index contributed by atoms with van der Waals surface area (Å²) in [5, 5.41) is 45.5. The molecule has 0 bridgehead atoms. The highest BCUT2D eigenvalue weighted by Gasteiger charge is 2.84. The minimum absolute atomic E-state index is 0.00658. The summed E-state index contributed by atoms with van der Waals surface area (Å²) < 4.78 is 12.1. The van der Waals surface area contributed by atoms with Gasteiger partial charge in [0.1, 0.15) is 40.3 Å². The van der Waals surface area contributed by atoms with E-state index in [4.69, 9.17) is 15.9 Å². The van der Waals surface area contributed by atoms with Gasteiger partial charge in [0.2, 0.25) is 11.6 Å². The number of benzene rings is 2. The van der Waals surface area contributed by atoms with Crippen LogP contribution in [-0.4, -0.2) is 56.7 Å². The number of phenolic OH excluding ortho intramolecular Hbond substituents is 3. The van der Waals surface area contributed by atoms with Gasteiger partial charge in [-0.25, -0.2) is 4.79 Å². The van der Waals surface area contributed by atoms with Crippen LogP contribution in [0.5, 0.6) is 17.2 Å². The topological polar surface area (TPSA) is 166 Å². The quantitative estimate of drug-likeness (QED) is 0.181. The molecule has 2 aromatic rings. The van der Waals surface area contributed by atoms with Gasteiger partial charge in [-0.2, -0.15) is 0 Å². The smallest absolute Gasteiger partial charge is 0.335 e. The number of carbonyl (C=O) groups excluding carboxylic acids is 2. The minimum atomic E-state index is -1.32. The molecule has 206 valence electrons. The Hall–Kier alpha value is -5.19. The van der Waals surface area contributed by atoms with Crippen LogP contribution in [0, 0.1) is 36.0 Å². The molecule has 4 aliphatic rings. The van der Waals surface area contributed by atoms with Gasteiger partial charge in [0.15, 0.2) is 0 Å². The van der Waals surface area contributed by atoms with E-state index in [2.05, 4.69) is 23.1 Å². The summed E-state index contributed by atoms with van der Waals surface area (Å²) in [5.74, 6) is 2.42. The molecule has 5 atom stereocenters. The molecule has 1 saturated heterocycles. The number of aromatic hydroxyl groups is 3. The van der Waals surface area contributed by atoms with E-state index in [1.165, 1.54) is 25.3 Å². The fourth-order valence-electron chi connectivity index (χ4n) is 7.00. The van der Waals surface area contributed by atoms with E-state index in [1.54, 1.807) is 13.8 Å². The van der Waals surface area contributed by atoms with Crippen LogP contribution in [0.4, 0.5) is 5.69 Å². The molecular formula is C31H23NO9. The van der Waals surface area contributed by atoms with E-state index in [-0.39, 0.29) is 28.1 Å². The first-order valence-corrected chi connectivity index (χ1v) is 12.6. The molecule has 0 unspecified atom stereocenters. The Kier molecular flexibility index (Phi) is 5.34. The van der Waals surface area contributed by atoms with Crippen LogP contribution < -0.4 is 5.32 Å². The first-order valence-electron chi connectivity index (χ1n) is 12.6. The Morgan fingerprint density at radius 1 is 1.02 bits per heavy atom. The fraction of sp³-hybridized carbons (Fsp3) is 0.258. The lowest BCUT2D eigenvalue weighted by atomic mass is 9.60. The maximum Gasteiger partial charge on any atom is 0.335 e. The molecule has 2 heterocycles. The molecule has 1 fully saturated rings. The van der Waals surface area contributed by atoms with Crippen LogP contribution in [0.3, 0.4) is 0 Å². The lowest BCUT2D eigenvalue weighted by Gasteiger charge is -2.43. The van der Waals surface area contributed by atoms with Crippen LogP contribution in [0.25, 0.3) is 0 Å². The molecule has 41 heavy (non-hydrogen) atoms. The summed E-state index contributed by atoms with van der Waals surface area (Å²) in [6.45, 7) is 3.40. The van der Waals surface area contributed by atoms with Gasteiger partial charge in [-0.3, -0.25) is 9.59 Å². The van der Waals surface area contributed by atoms with Crippen molar-refractivity contribution in [2.75, 3.05) is 12.4 Å². The summed E-state index contributed by atoms with van der Waals surface area (Å²) in [4.78, 5) is 39.9. The van der Waals surface area contributed by atoms with E-state index in [0.29, 0.717) is 5.56 Å². The Labute approximate surface area is 233 Å². The molecule has 0 radical (unpaired) electrons. The maximum absolute atomic E-state index is 13.9. The first kappa shape index (κ1) is 26.1. The predicted octanol–water partition coefficient (Wildman–Crippen LogP) is 2.80. The van der Waals surface area contributed by atoms with E-state index in [1.807, 2.05) is 0 Å². The van der Waals surface area contributed by atoms with Crippen molar-refractivity contribution in [2.45, 2.75) is 31.1 Å². The zero-order chi connectivity index (χ0) is 29.6. The highest BCUT2D eigenvalue weighted by Crippen LogP contribution is 2.74. The molecule has 6 rings (SSSR count). The Balaban J connectivity index is 1.68. The second-order valence-corrected chi connectivity index (χ2v) is 10.3. The number of epoxide rings is 1. The van der Waals surface area contributed by atoms with Gasteiger partial charge in [0.25, 0.3) is 0 Å². The Morgan fingerprint density at radius 3 is 2.22 bits per heavy atom. The van der Waals surface area contributed by atoms with Crippen molar-refractivity contribution in [1.82, 2.24) is 0 Å². The largest absolute Gasteiger partial charge is 0.507 e. The third-order valence-corrected chi connectivity index (χ3v) is 8.65. The lowest BCUT2D eigenvalue weighted by Crippen LogP contribution is -2.55. The van der Waals surface area contributed by atoms with Gasteiger partial charge in [0, 0.05) is 11.5 Å². The van der Waals surface area contributed by atoms with Crippen LogP contribution in [-0.2, 0) is 19.9 Å². The van der Waals surface area contributed by atoms with Gasteiger partial charge in [-0.05, 0) is 30.4 Å². The van der Waals surface area contributed by atoms with E-state index in [9.17, 15) is 34.8 Å². The highest BCUT2D eigenvalue weighted by atomic mass is 16.6. The van der Waals surface area contributed by atoms with Gasteiger partial charge in [-0.1, -0.05) is 31.6 Å². The van der Waals surface area contributed by atoms with Crippen molar-refractivity contribution in [3.05, 3.63) is 69.5 Å². The summed E-state index contributed by atoms with van der Waals surface area (Å²) in [5.41, 5.74) is -3.56. The van der Waals surface area contributed by atoms with E-state index >= 15 is 0 Å². The Morgan fingerprint density at radius 2 is 1.63 bits per heavy atom. The van der Waals surface area contributed by atoms with Gasteiger partial charge < -0.3 is 35.2 Å². The molecule has 10 heteroatoms. The SMILES string of the molecule is C#CC=CC#C[C@@H]1Nc2c(cc(O)c3c2C(=O)c2c(O)ccc(O)c2C3=O)[C@@]23O[C@@]12[C@@H](C)C(C(=O)O)=C(OC)[C@@H]3C. The molecule has 10 nitrogen and oxygen atoms in total. The maximum atomic E-state index is 13.9. The number of fused-ring (bicyclic) bond motifs is 4. The number of allylic oxidation sites excluding steroid dienone is 2. The number of hydrogen-bond donors (Lipinski definition) is 5. The predicted molar refractivity (Wildman–Crippen MR) is 143 cm³/mol. The molecule has 2 aliphatic carbocycles. The monoisotopic (exact) mass is 553 g/mol. The zero-order valence-corrected chi connectivity index (χ0v) is 22.0. The fourth-order valence-corrected chi connectivity index (χ4v) is 7.00. The number of terminal acetylenes is 1. The highest BCUT2D eigenvalue weighted by molar-refractivity contribution is 6.33. The number of ether oxygens (including phenoxy) is 2. The summed E-state index contributed by atoms with van der Waals surface area (Å²) in [6, 6.07) is 2.57. The number of aliphatic carboxylic acids is 1. The van der Waals surface area contributed by atoms with Crippen LogP contribution >= 0.6 is 0 Å². The second kappa shape index (κ2) is 8.40. The van der Waals surface area contributed by atoms with Crippen LogP contribution in [0.15, 0.2) is 41.7 Å².